The normalized spacial score (nSPS) is 15.2. The Morgan fingerprint density at radius 1 is 1.29 bits per heavy atom. The first kappa shape index (κ1) is 16.6. The van der Waals surface area contributed by atoms with E-state index in [9.17, 15) is 13.6 Å². The van der Waals surface area contributed by atoms with Crippen LogP contribution in [0.2, 0.25) is 0 Å². The van der Waals surface area contributed by atoms with E-state index in [4.69, 9.17) is 5.73 Å². The van der Waals surface area contributed by atoms with Crippen LogP contribution >= 0.6 is 0 Å². The summed E-state index contributed by atoms with van der Waals surface area (Å²) in [5.74, 6) is 0.00787. The summed E-state index contributed by atoms with van der Waals surface area (Å²) in [6, 6.07) is 6.93. The van der Waals surface area contributed by atoms with Crippen molar-refractivity contribution >= 4 is 11.6 Å². The highest BCUT2D eigenvalue weighted by Crippen LogP contribution is 2.27. The molecule has 1 atom stereocenters. The molecule has 1 aromatic carbocycles. The molecule has 1 amide bonds. The highest BCUT2D eigenvalue weighted by Gasteiger charge is 2.29. The molecule has 0 saturated carbocycles. The average molecular weight is 334 g/mol. The highest BCUT2D eigenvalue weighted by atomic mass is 19.3. The highest BCUT2D eigenvalue weighted by molar-refractivity contribution is 6.04. The topological polar surface area (TPSA) is 72.9 Å². The zero-order valence-corrected chi connectivity index (χ0v) is 13.4. The Bertz CT molecular complexity index is 738. The summed E-state index contributed by atoms with van der Waals surface area (Å²) in [7, 11) is 0. The van der Waals surface area contributed by atoms with E-state index in [0.717, 1.165) is 18.4 Å². The SMILES string of the molecule is C[C@H](N)c1ccc(NC(=O)c2c(C(F)F)nc3n2CCCC3)cc1. The zero-order valence-electron chi connectivity index (χ0n) is 13.4. The second-order valence-electron chi connectivity index (χ2n) is 6.04. The van der Waals surface area contributed by atoms with E-state index in [-0.39, 0.29) is 11.7 Å². The fraction of sp³-hybridized carbons (Fsp3) is 0.412. The first-order valence-electron chi connectivity index (χ1n) is 8.01. The van der Waals surface area contributed by atoms with E-state index < -0.39 is 18.0 Å². The van der Waals surface area contributed by atoms with Gasteiger partial charge in [-0.2, -0.15) is 0 Å². The van der Waals surface area contributed by atoms with Crippen molar-refractivity contribution < 1.29 is 13.6 Å². The van der Waals surface area contributed by atoms with Crippen molar-refractivity contribution in [1.82, 2.24) is 9.55 Å². The molecule has 2 heterocycles. The molecule has 0 radical (unpaired) electrons. The van der Waals surface area contributed by atoms with Gasteiger partial charge >= 0.3 is 0 Å². The Hall–Kier alpha value is -2.28. The maximum atomic E-state index is 13.3. The molecule has 1 aliphatic heterocycles. The number of hydrogen-bond donors (Lipinski definition) is 2. The van der Waals surface area contributed by atoms with Gasteiger partial charge in [-0.3, -0.25) is 4.79 Å². The number of carbonyl (C=O) groups is 1. The van der Waals surface area contributed by atoms with Gasteiger partial charge in [-0.1, -0.05) is 12.1 Å². The van der Waals surface area contributed by atoms with Crippen molar-refractivity contribution in [3.63, 3.8) is 0 Å². The number of benzene rings is 1. The van der Waals surface area contributed by atoms with Gasteiger partial charge in [0.1, 0.15) is 17.2 Å². The Morgan fingerprint density at radius 2 is 2.00 bits per heavy atom. The second-order valence-corrected chi connectivity index (χ2v) is 6.04. The number of rotatable bonds is 4. The number of fused-ring (bicyclic) bond motifs is 1. The van der Waals surface area contributed by atoms with Gasteiger partial charge in [0, 0.05) is 24.7 Å². The predicted molar refractivity (Wildman–Crippen MR) is 87.1 cm³/mol. The molecule has 0 fully saturated rings. The van der Waals surface area contributed by atoms with Gasteiger partial charge in [-0.15, -0.1) is 0 Å². The molecule has 3 N–H and O–H groups in total. The maximum absolute atomic E-state index is 13.3. The van der Waals surface area contributed by atoms with Gasteiger partial charge in [0.2, 0.25) is 0 Å². The van der Waals surface area contributed by atoms with Gasteiger partial charge in [0.05, 0.1) is 0 Å². The second kappa shape index (κ2) is 6.68. The number of aromatic nitrogens is 2. The van der Waals surface area contributed by atoms with Crippen LogP contribution in [0, 0.1) is 0 Å². The number of imidazole rings is 1. The van der Waals surface area contributed by atoms with E-state index in [1.807, 2.05) is 6.92 Å². The van der Waals surface area contributed by atoms with Crippen LogP contribution in [0.3, 0.4) is 0 Å². The summed E-state index contributed by atoms with van der Waals surface area (Å²) in [6.07, 6.45) is -0.394. The van der Waals surface area contributed by atoms with E-state index in [1.54, 1.807) is 28.8 Å². The van der Waals surface area contributed by atoms with Crippen molar-refractivity contribution in [2.75, 3.05) is 5.32 Å². The van der Waals surface area contributed by atoms with Gasteiger partial charge in [-0.05, 0) is 37.5 Å². The average Bonchev–Trinajstić information content (AvgIpc) is 2.95. The van der Waals surface area contributed by atoms with Crippen molar-refractivity contribution in [3.05, 3.63) is 47.0 Å². The Morgan fingerprint density at radius 3 is 2.62 bits per heavy atom. The summed E-state index contributed by atoms with van der Waals surface area (Å²) >= 11 is 0. The minimum Gasteiger partial charge on any atom is -0.324 e. The summed E-state index contributed by atoms with van der Waals surface area (Å²) < 4.78 is 28.2. The largest absolute Gasteiger partial charge is 0.324 e. The van der Waals surface area contributed by atoms with Gasteiger partial charge in [0.15, 0.2) is 0 Å². The molecule has 0 aliphatic carbocycles. The Balaban J connectivity index is 1.88. The molecule has 0 spiro atoms. The number of aryl methyl sites for hydroxylation is 1. The number of alkyl halides is 2. The lowest BCUT2D eigenvalue weighted by Gasteiger charge is -2.16. The summed E-state index contributed by atoms with van der Waals surface area (Å²) in [5, 5.41) is 2.68. The van der Waals surface area contributed by atoms with E-state index in [1.165, 1.54) is 0 Å². The van der Waals surface area contributed by atoms with Crippen LogP contribution in [0.25, 0.3) is 0 Å². The first-order valence-corrected chi connectivity index (χ1v) is 8.01. The number of amides is 1. The molecule has 5 nitrogen and oxygen atoms in total. The van der Waals surface area contributed by atoms with Crippen LogP contribution < -0.4 is 11.1 Å². The maximum Gasteiger partial charge on any atom is 0.282 e. The molecule has 7 heteroatoms. The van der Waals surface area contributed by atoms with Gasteiger partial charge in [0.25, 0.3) is 12.3 Å². The summed E-state index contributed by atoms with van der Waals surface area (Å²) in [5.41, 5.74) is 6.80. The molecule has 3 rings (SSSR count). The van der Waals surface area contributed by atoms with Crippen molar-refractivity contribution in [1.29, 1.82) is 0 Å². The van der Waals surface area contributed by atoms with Crippen molar-refractivity contribution in [3.8, 4) is 0 Å². The number of anilines is 1. The number of nitrogens with one attached hydrogen (secondary N) is 1. The third-order valence-corrected chi connectivity index (χ3v) is 4.22. The summed E-state index contributed by atoms with van der Waals surface area (Å²) in [6.45, 7) is 2.41. The van der Waals surface area contributed by atoms with Crippen molar-refractivity contribution in [2.24, 2.45) is 5.73 Å². The third kappa shape index (κ3) is 3.17. The van der Waals surface area contributed by atoms with Crippen LogP contribution in [0.1, 0.15) is 59.8 Å². The smallest absolute Gasteiger partial charge is 0.282 e. The Labute approximate surface area is 138 Å². The summed E-state index contributed by atoms with van der Waals surface area (Å²) in [4.78, 5) is 16.5. The Kier molecular flexibility index (Phi) is 4.62. The van der Waals surface area contributed by atoms with Crippen LogP contribution in [0.5, 0.6) is 0 Å². The number of halogens is 2. The van der Waals surface area contributed by atoms with Gasteiger partial charge in [-0.25, -0.2) is 13.8 Å². The molecule has 2 aromatic rings. The standard InChI is InChI=1S/C17H20F2N4O/c1-10(20)11-5-7-12(8-6-11)21-17(24)15-14(16(18)19)22-13-4-2-3-9-23(13)15/h5-8,10,16H,2-4,9,20H2,1H3,(H,21,24)/t10-/m0/s1. The monoisotopic (exact) mass is 334 g/mol. The molecule has 128 valence electrons. The number of hydrogen-bond acceptors (Lipinski definition) is 3. The quantitative estimate of drug-likeness (QED) is 0.900. The molecular formula is C17H20F2N4O. The predicted octanol–water partition coefficient (Wildman–Crippen LogP) is 3.43. The lowest BCUT2D eigenvalue weighted by atomic mass is 10.1. The minimum atomic E-state index is -2.77. The molecular weight excluding hydrogens is 314 g/mol. The van der Waals surface area contributed by atoms with E-state index in [2.05, 4.69) is 10.3 Å². The fourth-order valence-corrected chi connectivity index (χ4v) is 2.96. The third-order valence-electron chi connectivity index (χ3n) is 4.22. The lowest BCUT2D eigenvalue weighted by molar-refractivity contribution is 0.0995. The number of nitrogens with two attached hydrogens (primary N) is 1. The van der Waals surface area contributed by atoms with Crippen LogP contribution in [-0.2, 0) is 13.0 Å². The van der Waals surface area contributed by atoms with Crippen LogP contribution in [-0.4, -0.2) is 15.5 Å². The molecule has 0 unspecified atom stereocenters. The molecule has 1 aromatic heterocycles. The van der Waals surface area contributed by atoms with Crippen molar-refractivity contribution in [2.45, 2.75) is 45.2 Å². The number of carbonyl (C=O) groups excluding carboxylic acids is 1. The van der Waals surface area contributed by atoms with Gasteiger partial charge < -0.3 is 15.6 Å². The number of nitrogens with zero attached hydrogens (tertiary/aromatic N) is 2. The lowest BCUT2D eigenvalue weighted by Crippen LogP contribution is -2.21. The molecule has 0 saturated heterocycles. The zero-order chi connectivity index (χ0) is 17.3. The first-order chi connectivity index (χ1) is 11.5. The van der Waals surface area contributed by atoms with Crippen LogP contribution in [0.15, 0.2) is 24.3 Å². The van der Waals surface area contributed by atoms with Crippen LogP contribution in [0.4, 0.5) is 14.5 Å². The van der Waals surface area contributed by atoms with E-state index >= 15 is 0 Å². The molecule has 0 bridgehead atoms. The fourth-order valence-electron chi connectivity index (χ4n) is 2.96. The molecule has 24 heavy (non-hydrogen) atoms. The minimum absolute atomic E-state index is 0.0315. The van der Waals surface area contributed by atoms with E-state index in [0.29, 0.717) is 24.5 Å². The molecule has 1 aliphatic rings.